The molecule has 7 heteroatoms. The average Bonchev–Trinajstić information content (AvgIpc) is 2.60. The minimum absolute atomic E-state index is 0.391. The molecule has 0 radical (unpaired) electrons. The Labute approximate surface area is 161 Å². The van der Waals surface area contributed by atoms with E-state index in [-0.39, 0.29) is 0 Å². The standard InChI is InChI=1S/C19H17Cl2NO4/c1-12(19(24)22-16-11-15(21)7-8-17(16)25-2)26-18(23)9-6-13-4-3-5-14(20)10-13/h3-12H,1-2H3,(H,22,24)/b9-6+/t12-/m1/s1. The van der Waals surface area contributed by atoms with Crippen molar-refractivity contribution in [3.05, 3.63) is 64.1 Å². The summed E-state index contributed by atoms with van der Waals surface area (Å²) in [6.07, 6.45) is 1.78. The van der Waals surface area contributed by atoms with Crippen LogP contribution in [-0.2, 0) is 14.3 Å². The second-order valence-corrected chi connectivity index (χ2v) is 6.17. The highest BCUT2D eigenvalue weighted by Crippen LogP contribution is 2.27. The molecule has 136 valence electrons. The molecular weight excluding hydrogens is 377 g/mol. The molecule has 0 aliphatic heterocycles. The summed E-state index contributed by atoms with van der Waals surface area (Å²) in [5.74, 6) is -0.706. The van der Waals surface area contributed by atoms with Crippen molar-refractivity contribution in [3.63, 3.8) is 0 Å². The maximum atomic E-state index is 12.2. The predicted octanol–water partition coefficient (Wildman–Crippen LogP) is 4.59. The van der Waals surface area contributed by atoms with Gasteiger partial charge in [0.1, 0.15) is 5.75 Å². The van der Waals surface area contributed by atoms with E-state index in [9.17, 15) is 9.59 Å². The Morgan fingerprint density at radius 3 is 2.54 bits per heavy atom. The number of methoxy groups -OCH3 is 1. The highest BCUT2D eigenvalue weighted by atomic mass is 35.5. The van der Waals surface area contributed by atoms with Crippen molar-refractivity contribution in [3.8, 4) is 5.75 Å². The monoisotopic (exact) mass is 393 g/mol. The lowest BCUT2D eigenvalue weighted by Crippen LogP contribution is -2.29. The van der Waals surface area contributed by atoms with Gasteiger partial charge in [0.25, 0.3) is 5.91 Å². The van der Waals surface area contributed by atoms with Crippen molar-refractivity contribution in [2.24, 2.45) is 0 Å². The average molecular weight is 394 g/mol. The second kappa shape index (κ2) is 9.27. The lowest BCUT2D eigenvalue weighted by Gasteiger charge is -2.14. The number of amides is 1. The number of anilines is 1. The van der Waals surface area contributed by atoms with E-state index < -0.39 is 18.0 Å². The third-order valence-corrected chi connectivity index (χ3v) is 3.81. The number of nitrogens with one attached hydrogen (secondary N) is 1. The Bertz CT molecular complexity index is 836. The molecule has 0 saturated heterocycles. The molecule has 0 aliphatic carbocycles. The van der Waals surface area contributed by atoms with Gasteiger partial charge in [0.2, 0.25) is 0 Å². The fourth-order valence-corrected chi connectivity index (χ4v) is 2.42. The van der Waals surface area contributed by atoms with Crippen LogP contribution in [0.4, 0.5) is 5.69 Å². The first-order chi connectivity index (χ1) is 12.4. The molecule has 1 amide bonds. The van der Waals surface area contributed by atoms with E-state index >= 15 is 0 Å². The van der Waals surface area contributed by atoms with Gasteiger partial charge in [0.05, 0.1) is 12.8 Å². The Kier molecular flexibility index (Phi) is 7.06. The first kappa shape index (κ1) is 19.8. The van der Waals surface area contributed by atoms with Crippen LogP contribution in [0.1, 0.15) is 12.5 Å². The van der Waals surface area contributed by atoms with Gasteiger partial charge >= 0.3 is 5.97 Å². The molecule has 0 aromatic heterocycles. The normalized spacial score (nSPS) is 11.8. The van der Waals surface area contributed by atoms with E-state index in [1.807, 2.05) is 0 Å². The fraction of sp³-hybridized carbons (Fsp3) is 0.158. The SMILES string of the molecule is COc1ccc(Cl)cc1NC(=O)[C@@H](C)OC(=O)/C=C/c1cccc(Cl)c1. The number of hydrogen-bond acceptors (Lipinski definition) is 4. The molecule has 5 nitrogen and oxygen atoms in total. The molecule has 26 heavy (non-hydrogen) atoms. The zero-order valence-electron chi connectivity index (χ0n) is 14.2. The van der Waals surface area contributed by atoms with Gasteiger partial charge < -0.3 is 14.8 Å². The Hall–Kier alpha value is -2.50. The van der Waals surface area contributed by atoms with Crippen LogP contribution in [0.15, 0.2) is 48.5 Å². The van der Waals surface area contributed by atoms with Crippen LogP contribution in [0.25, 0.3) is 6.08 Å². The Morgan fingerprint density at radius 2 is 1.85 bits per heavy atom. The molecule has 0 aliphatic rings. The second-order valence-electron chi connectivity index (χ2n) is 5.30. The van der Waals surface area contributed by atoms with E-state index in [0.717, 1.165) is 5.56 Å². The summed E-state index contributed by atoms with van der Waals surface area (Å²) in [6.45, 7) is 1.47. The maximum absolute atomic E-state index is 12.2. The first-order valence-electron chi connectivity index (χ1n) is 7.67. The highest BCUT2D eigenvalue weighted by Gasteiger charge is 2.18. The van der Waals surface area contributed by atoms with E-state index in [2.05, 4.69) is 5.32 Å². The molecule has 2 aromatic carbocycles. The maximum Gasteiger partial charge on any atom is 0.331 e. The highest BCUT2D eigenvalue weighted by molar-refractivity contribution is 6.31. The molecular formula is C19H17Cl2NO4. The van der Waals surface area contributed by atoms with Gasteiger partial charge in [-0.15, -0.1) is 0 Å². The summed E-state index contributed by atoms with van der Waals surface area (Å²) in [4.78, 5) is 24.1. The van der Waals surface area contributed by atoms with Crippen LogP contribution < -0.4 is 10.1 Å². The smallest absolute Gasteiger partial charge is 0.331 e. The Morgan fingerprint density at radius 1 is 1.12 bits per heavy atom. The van der Waals surface area contributed by atoms with Crippen molar-refractivity contribution in [2.45, 2.75) is 13.0 Å². The molecule has 1 N–H and O–H groups in total. The van der Waals surface area contributed by atoms with E-state index in [1.165, 1.54) is 20.1 Å². The molecule has 0 fully saturated rings. The molecule has 0 unspecified atom stereocenters. The van der Waals surface area contributed by atoms with Crippen molar-refractivity contribution >= 4 is 46.8 Å². The number of ether oxygens (including phenoxy) is 2. The summed E-state index contributed by atoms with van der Waals surface area (Å²) in [5, 5.41) is 3.62. The van der Waals surface area contributed by atoms with Crippen molar-refractivity contribution in [1.29, 1.82) is 0 Å². The molecule has 1 atom stereocenters. The topological polar surface area (TPSA) is 64.6 Å². The predicted molar refractivity (Wildman–Crippen MR) is 103 cm³/mol. The van der Waals surface area contributed by atoms with Crippen molar-refractivity contribution < 1.29 is 19.1 Å². The molecule has 0 heterocycles. The van der Waals surface area contributed by atoms with E-state index in [1.54, 1.807) is 48.5 Å². The number of carbonyl (C=O) groups is 2. The largest absolute Gasteiger partial charge is 0.495 e. The summed E-state index contributed by atoms with van der Waals surface area (Å²) < 4.78 is 10.3. The van der Waals surface area contributed by atoms with E-state index in [0.29, 0.717) is 21.5 Å². The number of halogens is 2. The minimum Gasteiger partial charge on any atom is -0.495 e. The van der Waals surface area contributed by atoms with Crippen LogP contribution in [0.2, 0.25) is 10.0 Å². The van der Waals surface area contributed by atoms with Gasteiger partial charge in [-0.05, 0) is 48.9 Å². The number of hydrogen-bond donors (Lipinski definition) is 1. The summed E-state index contributed by atoms with van der Waals surface area (Å²) in [6, 6.07) is 11.8. The van der Waals surface area contributed by atoms with Crippen LogP contribution in [0.5, 0.6) is 5.75 Å². The fourth-order valence-electron chi connectivity index (χ4n) is 2.05. The summed E-state index contributed by atoms with van der Waals surface area (Å²) >= 11 is 11.8. The molecule has 0 bridgehead atoms. The van der Waals surface area contributed by atoms with Crippen LogP contribution in [0.3, 0.4) is 0 Å². The minimum atomic E-state index is -1.00. The third kappa shape index (κ3) is 5.79. The Balaban J connectivity index is 1.96. The van der Waals surface area contributed by atoms with Crippen LogP contribution in [-0.4, -0.2) is 25.1 Å². The van der Waals surface area contributed by atoms with Crippen molar-refractivity contribution in [1.82, 2.24) is 0 Å². The lowest BCUT2D eigenvalue weighted by molar-refractivity contribution is -0.148. The number of carbonyl (C=O) groups excluding carboxylic acids is 2. The third-order valence-electron chi connectivity index (χ3n) is 3.34. The van der Waals surface area contributed by atoms with E-state index in [4.69, 9.17) is 32.7 Å². The zero-order chi connectivity index (χ0) is 19.1. The number of benzene rings is 2. The first-order valence-corrected chi connectivity index (χ1v) is 8.43. The van der Waals surface area contributed by atoms with Gasteiger partial charge in [-0.1, -0.05) is 35.3 Å². The zero-order valence-corrected chi connectivity index (χ0v) is 15.7. The van der Waals surface area contributed by atoms with Gasteiger partial charge in [-0.3, -0.25) is 4.79 Å². The molecule has 0 saturated carbocycles. The number of rotatable bonds is 6. The lowest BCUT2D eigenvalue weighted by atomic mass is 10.2. The number of esters is 1. The molecule has 2 rings (SSSR count). The quantitative estimate of drug-likeness (QED) is 0.575. The van der Waals surface area contributed by atoms with Gasteiger partial charge in [0, 0.05) is 16.1 Å². The van der Waals surface area contributed by atoms with Crippen LogP contribution in [0, 0.1) is 0 Å². The van der Waals surface area contributed by atoms with Crippen LogP contribution >= 0.6 is 23.2 Å². The van der Waals surface area contributed by atoms with Gasteiger partial charge in [-0.2, -0.15) is 0 Å². The molecule has 2 aromatic rings. The summed E-state index contributed by atoms with van der Waals surface area (Å²) in [5.41, 5.74) is 1.14. The van der Waals surface area contributed by atoms with Gasteiger partial charge in [-0.25, -0.2) is 4.79 Å². The van der Waals surface area contributed by atoms with Crippen molar-refractivity contribution in [2.75, 3.05) is 12.4 Å². The summed E-state index contributed by atoms with van der Waals surface area (Å²) in [7, 11) is 1.48. The molecule has 0 spiro atoms. The van der Waals surface area contributed by atoms with Gasteiger partial charge in [0.15, 0.2) is 6.10 Å².